The minimum Gasteiger partial charge on any atom is -0.497 e. The van der Waals surface area contributed by atoms with Gasteiger partial charge in [-0.1, -0.05) is 0 Å². The third kappa shape index (κ3) is 1.40. The van der Waals surface area contributed by atoms with E-state index in [2.05, 4.69) is 0 Å². The lowest BCUT2D eigenvalue weighted by atomic mass is 10.2. The Morgan fingerprint density at radius 3 is 3.15 bits per heavy atom. The zero-order chi connectivity index (χ0) is 9.26. The van der Waals surface area contributed by atoms with E-state index in [-0.39, 0.29) is 0 Å². The van der Waals surface area contributed by atoms with Crippen molar-refractivity contribution in [1.82, 2.24) is 0 Å². The van der Waals surface area contributed by atoms with Crippen molar-refractivity contribution in [2.45, 2.75) is 0 Å². The van der Waals surface area contributed by atoms with E-state index in [0.29, 0.717) is 6.61 Å². The topological polar surface area (TPSA) is 47.7 Å². The fourth-order valence-corrected chi connectivity index (χ4v) is 1.35. The molecule has 1 aromatic rings. The van der Waals surface area contributed by atoms with E-state index in [1.165, 1.54) is 0 Å². The Morgan fingerprint density at radius 2 is 2.38 bits per heavy atom. The first-order valence-corrected chi connectivity index (χ1v) is 4.14. The summed E-state index contributed by atoms with van der Waals surface area (Å²) in [5.41, 5.74) is 0.909. The number of hydrogen-bond donors (Lipinski definition) is 1. The molecule has 0 aliphatic carbocycles. The second kappa shape index (κ2) is 3.14. The molecule has 0 radical (unpaired) electrons. The van der Waals surface area contributed by atoms with E-state index in [1.54, 1.807) is 12.1 Å². The van der Waals surface area contributed by atoms with Gasteiger partial charge in [0.05, 0.1) is 19.3 Å². The molecule has 4 heteroatoms. The minimum absolute atomic E-state index is 0.622. The van der Waals surface area contributed by atoms with Crippen LogP contribution in [0.3, 0.4) is 0 Å². The number of benzene rings is 1. The van der Waals surface area contributed by atoms with Crippen LogP contribution in [0.15, 0.2) is 18.2 Å². The van der Waals surface area contributed by atoms with Gasteiger partial charge in [-0.3, -0.25) is 0 Å². The predicted octanol–water partition coefficient (Wildman–Crippen LogP) is 0.768. The molecule has 0 bridgehead atoms. The van der Waals surface area contributed by atoms with E-state index < -0.39 is 0 Å². The molecule has 1 aliphatic rings. The molecular weight excluding hydrogens is 168 g/mol. The fraction of sp³-hybridized carbons (Fsp3) is 0.333. The quantitative estimate of drug-likeness (QED) is 0.648. The minimum atomic E-state index is 0.622. The van der Waals surface area contributed by atoms with E-state index in [9.17, 15) is 0 Å². The second-order valence-electron chi connectivity index (χ2n) is 2.88. The van der Waals surface area contributed by atoms with Crippen LogP contribution in [0.4, 0.5) is 5.69 Å². The molecule has 2 rings (SSSR count). The van der Waals surface area contributed by atoms with Crippen molar-refractivity contribution in [2.75, 3.05) is 25.3 Å². The Hall–Kier alpha value is -1.42. The normalized spacial score (nSPS) is 14.8. The molecule has 1 aromatic carbocycles. The Morgan fingerprint density at radius 1 is 1.54 bits per heavy atom. The van der Waals surface area contributed by atoms with Crippen molar-refractivity contribution in [3.63, 3.8) is 0 Å². The van der Waals surface area contributed by atoms with Gasteiger partial charge in [-0.2, -0.15) is 0 Å². The molecule has 13 heavy (non-hydrogen) atoms. The van der Waals surface area contributed by atoms with Gasteiger partial charge in [-0.05, 0) is 12.1 Å². The van der Waals surface area contributed by atoms with Crippen molar-refractivity contribution < 1.29 is 9.47 Å². The average molecular weight is 180 g/mol. The lowest BCUT2D eigenvalue weighted by Crippen LogP contribution is -2.38. The summed E-state index contributed by atoms with van der Waals surface area (Å²) in [6, 6.07) is 5.61. The van der Waals surface area contributed by atoms with E-state index in [0.717, 1.165) is 23.7 Å². The average Bonchev–Trinajstić information content (AvgIpc) is 2.18. The van der Waals surface area contributed by atoms with Crippen LogP contribution in [-0.4, -0.2) is 20.3 Å². The number of hydrogen-bond acceptors (Lipinski definition) is 4. The maximum absolute atomic E-state index is 5.75. The number of anilines is 1. The molecule has 0 unspecified atom stereocenters. The highest BCUT2D eigenvalue weighted by Gasteiger charge is 2.15. The molecule has 0 saturated heterocycles. The van der Waals surface area contributed by atoms with Crippen molar-refractivity contribution in [3.8, 4) is 11.5 Å². The molecule has 0 saturated carbocycles. The van der Waals surface area contributed by atoms with Crippen molar-refractivity contribution in [1.29, 1.82) is 0 Å². The Bertz CT molecular complexity index is 314. The van der Waals surface area contributed by atoms with Gasteiger partial charge in [-0.15, -0.1) is 0 Å². The van der Waals surface area contributed by atoms with Crippen molar-refractivity contribution in [2.24, 2.45) is 5.84 Å². The number of methoxy groups -OCH3 is 1. The number of fused-ring (bicyclic) bond motifs is 1. The lowest BCUT2D eigenvalue weighted by Gasteiger charge is -2.27. The third-order valence-electron chi connectivity index (χ3n) is 2.07. The van der Waals surface area contributed by atoms with Gasteiger partial charge in [-0.25, -0.2) is 5.84 Å². The maximum atomic E-state index is 5.75. The molecular formula is C9H12N2O2. The van der Waals surface area contributed by atoms with Crippen LogP contribution in [0, 0.1) is 0 Å². The molecule has 1 aliphatic heterocycles. The van der Waals surface area contributed by atoms with E-state index >= 15 is 0 Å². The summed E-state index contributed by atoms with van der Waals surface area (Å²) in [5.74, 6) is 7.32. The second-order valence-corrected chi connectivity index (χ2v) is 2.88. The standard InChI is InChI=1S/C9H12N2O2/c1-12-7-2-3-8-9(6-7)13-5-4-11(8)10/h2-3,6H,4-5,10H2,1H3. The summed E-state index contributed by atoms with van der Waals surface area (Å²) in [7, 11) is 1.63. The molecule has 4 nitrogen and oxygen atoms in total. The Kier molecular flexibility index (Phi) is 1.98. The van der Waals surface area contributed by atoms with Gasteiger partial charge < -0.3 is 14.5 Å². The summed E-state index contributed by atoms with van der Waals surface area (Å²) < 4.78 is 10.5. The van der Waals surface area contributed by atoms with Crippen LogP contribution in [0.1, 0.15) is 0 Å². The van der Waals surface area contributed by atoms with Gasteiger partial charge >= 0.3 is 0 Å². The molecule has 70 valence electrons. The summed E-state index contributed by atoms with van der Waals surface area (Å²) >= 11 is 0. The highest BCUT2D eigenvalue weighted by Crippen LogP contribution is 2.32. The van der Waals surface area contributed by atoms with Crippen LogP contribution in [-0.2, 0) is 0 Å². The summed E-state index contributed by atoms with van der Waals surface area (Å²) in [6.07, 6.45) is 0. The smallest absolute Gasteiger partial charge is 0.147 e. The Labute approximate surface area is 76.8 Å². The van der Waals surface area contributed by atoms with E-state index in [4.69, 9.17) is 15.3 Å². The van der Waals surface area contributed by atoms with Crippen LogP contribution < -0.4 is 20.3 Å². The largest absolute Gasteiger partial charge is 0.497 e. The zero-order valence-corrected chi connectivity index (χ0v) is 7.49. The number of nitrogens with two attached hydrogens (primary N) is 1. The molecule has 2 N–H and O–H groups in total. The Balaban J connectivity index is 2.39. The lowest BCUT2D eigenvalue weighted by molar-refractivity contribution is 0.305. The molecule has 0 amide bonds. The molecule has 0 spiro atoms. The van der Waals surface area contributed by atoms with Crippen molar-refractivity contribution in [3.05, 3.63) is 18.2 Å². The maximum Gasteiger partial charge on any atom is 0.147 e. The number of ether oxygens (including phenoxy) is 2. The van der Waals surface area contributed by atoms with Gasteiger partial charge in [0.1, 0.15) is 18.1 Å². The highest BCUT2D eigenvalue weighted by molar-refractivity contribution is 5.61. The first-order valence-electron chi connectivity index (χ1n) is 4.14. The van der Waals surface area contributed by atoms with Crippen LogP contribution in [0.5, 0.6) is 11.5 Å². The monoisotopic (exact) mass is 180 g/mol. The molecule has 1 heterocycles. The summed E-state index contributed by atoms with van der Waals surface area (Å²) in [4.78, 5) is 0. The molecule has 0 aromatic heterocycles. The molecule has 0 fully saturated rings. The number of rotatable bonds is 1. The van der Waals surface area contributed by atoms with Crippen LogP contribution in [0.25, 0.3) is 0 Å². The van der Waals surface area contributed by atoms with Gasteiger partial charge in [0, 0.05) is 6.07 Å². The van der Waals surface area contributed by atoms with Gasteiger partial charge in [0.2, 0.25) is 0 Å². The predicted molar refractivity (Wildman–Crippen MR) is 50.0 cm³/mol. The first-order chi connectivity index (χ1) is 6.31. The van der Waals surface area contributed by atoms with Crippen LogP contribution >= 0.6 is 0 Å². The number of hydrazine groups is 1. The van der Waals surface area contributed by atoms with Gasteiger partial charge in [0.25, 0.3) is 0 Å². The van der Waals surface area contributed by atoms with E-state index in [1.807, 2.05) is 18.2 Å². The fourth-order valence-electron chi connectivity index (χ4n) is 1.35. The molecule has 0 atom stereocenters. The third-order valence-corrected chi connectivity index (χ3v) is 2.07. The SMILES string of the molecule is COc1ccc2c(c1)OCCN2N. The summed E-state index contributed by atoms with van der Waals surface area (Å²) in [6.45, 7) is 1.34. The van der Waals surface area contributed by atoms with Gasteiger partial charge in [0.15, 0.2) is 0 Å². The van der Waals surface area contributed by atoms with Crippen molar-refractivity contribution >= 4 is 5.69 Å². The number of nitrogens with zero attached hydrogens (tertiary/aromatic N) is 1. The summed E-state index contributed by atoms with van der Waals surface area (Å²) in [5, 5.41) is 1.68. The zero-order valence-electron chi connectivity index (χ0n) is 7.49. The first kappa shape index (κ1) is 8.19. The van der Waals surface area contributed by atoms with Crippen LogP contribution in [0.2, 0.25) is 0 Å². The highest BCUT2D eigenvalue weighted by atomic mass is 16.5.